The maximum absolute atomic E-state index is 4.29. The Morgan fingerprint density at radius 3 is 2.75 bits per heavy atom. The molecule has 0 N–H and O–H groups in total. The van der Waals surface area contributed by atoms with Gasteiger partial charge in [0.05, 0.1) is 0 Å². The van der Waals surface area contributed by atoms with E-state index in [9.17, 15) is 0 Å². The zero-order chi connectivity index (χ0) is 8.97. The molecule has 64 valence electrons. The van der Waals surface area contributed by atoms with Crippen LogP contribution in [0.4, 0.5) is 0 Å². The second-order valence-electron chi connectivity index (χ2n) is 2.90. The van der Waals surface area contributed by atoms with Crippen molar-refractivity contribution in [3.63, 3.8) is 0 Å². The smallest absolute Gasteiger partial charge is 0.0459 e. The van der Waals surface area contributed by atoms with Gasteiger partial charge in [0.2, 0.25) is 0 Å². The number of nitrogens with zero attached hydrogens (tertiary/aromatic N) is 2. The number of hydrogen-bond acceptors (Lipinski definition) is 2. The molecule has 1 heterocycles. The van der Waals surface area contributed by atoms with E-state index in [0.29, 0.717) is 0 Å². The van der Waals surface area contributed by atoms with E-state index in [4.69, 9.17) is 0 Å². The molecule has 1 aromatic rings. The fraction of sp³-hybridized carbons (Fsp3) is 0.400. The van der Waals surface area contributed by atoms with E-state index in [1.54, 1.807) is 7.05 Å². The minimum absolute atomic E-state index is 0.831. The summed E-state index contributed by atoms with van der Waals surface area (Å²) in [6.07, 6.45) is 4.61. The molecule has 0 unspecified atom stereocenters. The molecular weight excluding hydrogens is 148 g/mol. The van der Waals surface area contributed by atoms with Crippen LogP contribution in [0.5, 0.6) is 0 Å². The Morgan fingerprint density at radius 2 is 2.17 bits per heavy atom. The van der Waals surface area contributed by atoms with Gasteiger partial charge in [-0.1, -0.05) is 0 Å². The molecule has 1 rings (SSSR count). The summed E-state index contributed by atoms with van der Waals surface area (Å²) in [5.41, 5.74) is 3.63. The molecule has 0 aromatic carbocycles. The number of rotatable bonds is 2. The molecule has 0 fully saturated rings. The van der Waals surface area contributed by atoms with Gasteiger partial charge in [-0.3, -0.25) is 4.98 Å². The first-order valence-corrected chi connectivity index (χ1v) is 4.07. The van der Waals surface area contributed by atoms with Crippen LogP contribution in [0.2, 0.25) is 0 Å². The van der Waals surface area contributed by atoms with Crippen molar-refractivity contribution in [1.29, 1.82) is 0 Å². The molecule has 0 atom stereocenters. The van der Waals surface area contributed by atoms with Crippen LogP contribution in [-0.4, -0.2) is 18.2 Å². The molecule has 0 saturated carbocycles. The molecular formula is C10H14N2. The van der Waals surface area contributed by atoms with Crippen LogP contribution in [0.15, 0.2) is 17.3 Å². The van der Waals surface area contributed by atoms with Crippen LogP contribution < -0.4 is 0 Å². The molecule has 12 heavy (non-hydrogen) atoms. The Labute approximate surface area is 73.4 Å². The summed E-state index contributed by atoms with van der Waals surface area (Å²) in [5, 5.41) is 0. The SMILES string of the molecule is C/N=C\Cc1cc(C)c(C)cn1. The number of aryl methyl sites for hydroxylation is 2. The van der Waals surface area contributed by atoms with E-state index < -0.39 is 0 Å². The quantitative estimate of drug-likeness (QED) is 0.610. The third-order valence-electron chi connectivity index (χ3n) is 1.91. The van der Waals surface area contributed by atoms with E-state index in [0.717, 1.165) is 12.1 Å². The van der Waals surface area contributed by atoms with Crippen molar-refractivity contribution in [3.8, 4) is 0 Å². The maximum Gasteiger partial charge on any atom is 0.0459 e. The van der Waals surface area contributed by atoms with E-state index in [-0.39, 0.29) is 0 Å². The van der Waals surface area contributed by atoms with Crippen molar-refractivity contribution in [3.05, 3.63) is 29.1 Å². The minimum atomic E-state index is 0.831. The van der Waals surface area contributed by atoms with Crippen molar-refractivity contribution in [1.82, 2.24) is 4.98 Å². The number of pyridine rings is 1. The van der Waals surface area contributed by atoms with Gasteiger partial charge in [-0.05, 0) is 31.0 Å². The first-order valence-electron chi connectivity index (χ1n) is 4.07. The summed E-state index contributed by atoms with van der Waals surface area (Å²) in [6.45, 7) is 4.17. The van der Waals surface area contributed by atoms with Gasteiger partial charge in [-0.15, -0.1) is 0 Å². The number of hydrogen-bond donors (Lipinski definition) is 0. The predicted molar refractivity (Wildman–Crippen MR) is 51.8 cm³/mol. The van der Waals surface area contributed by atoms with Crippen LogP contribution >= 0.6 is 0 Å². The second kappa shape index (κ2) is 4.00. The Bertz CT molecular complexity index is 290. The standard InChI is InChI=1S/C10H14N2/c1-8-6-10(4-5-11-3)12-7-9(8)2/h5-7H,4H2,1-3H3/b11-5-. The highest BCUT2D eigenvalue weighted by molar-refractivity contribution is 5.60. The van der Waals surface area contributed by atoms with Gasteiger partial charge in [0.15, 0.2) is 0 Å². The molecule has 0 bridgehead atoms. The summed E-state index contributed by atoms with van der Waals surface area (Å²) in [7, 11) is 1.78. The van der Waals surface area contributed by atoms with Crippen molar-refractivity contribution >= 4 is 6.21 Å². The van der Waals surface area contributed by atoms with Crippen molar-refractivity contribution in [2.24, 2.45) is 4.99 Å². The van der Waals surface area contributed by atoms with Crippen LogP contribution in [0, 0.1) is 13.8 Å². The fourth-order valence-corrected chi connectivity index (χ4v) is 0.979. The third kappa shape index (κ3) is 2.16. The lowest BCUT2D eigenvalue weighted by atomic mass is 10.1. The Hall–Kier alpha value is -1.18. The van der Waals surface area contributed by atoms with Gasteiger partial charge in [0, 0.05) is 31.6 Å². The van der Waals surface area contributed by atoms with E-state index in [1.165, 1.54) is 11.1 Å². The van der Waals surface area contributed by atoms with E-state index in [1.807, 2.05) is 12.4 Å². The Balaban J connectivity index is 2.82. The van der Waals surface area contributed by atoms with Crippen LogP contribution in [0.1, 0.15) is 16.8 Å². The summed E-state index contributed by atoms with van der Waals surface area (Å²) in [6, 6.07) is 2.11. The summed E-state index contributed by atoms with van der Waals surface area (Å²) < 4.78 is 0. The fourth-order valence-electron chi connectivity index (χ4n) is 0.979. The molecule has 2 nitrogen and oxygen atoms in total. The Kier molecular flexibility index (Phi) is 2.97. The monoisotopic (exact) mass is 162 g/mol. The molecule has 2 heteroatoms. The van der Waals surface area contributed by atoms with Crippen molar-refractivity contribution < 1.29 is 0 Å². The van der Waals surface area contributed by atoms with Gasteiger partial charge in [0.25, 0.3) is 0 Å². The minimum Gasteiger partial charge on any atom is -0.300 e. The molecule has 0 saturated heterocycles. The molecule has 0 aliphatic carbocycles. The molecule has 0 aliphatic heterocycles. The highest BCUT2D eigenvalue weighted by Gasteiger charge is 1.95. The van der Waals surface area contributed by atoms with Gasteiger partial charge in [-0.25, -0.2) is 0 Å². The van der Waals surface area contributed by atoms with Crippen molar-refractivity contribution in [2.75, 3.05) is 7.05 Å². The molecule has 0 aliphatic rings. The zero-order valence-electron chi connectivity index (χ0n) is 7.83. The van der Waals surface area contributed by atoms with Gasteiger partial charge in [-0.2, -0.15) is 0 Å². The van der Waals surface area contributed by atoms with E-state index >= 15 is 0 Å². The first kappa shape index (κ1) is 8.91. The highest BCUT2D eigenvalue weighted by atomic mass is 14.7. The molecule has 0 radical (unpaired) electrons. The van der Waals surface area contributed by atoms with Gasteiger partial charge in [0.1, 0.15) is 0 Å². The second-order valence-corrected chi connectivity index (χ2v) is 2.90. The van der Waals surface area contributed by atoms with Crippen molar-refractivity contribution in [2.45, 2.75) is 20.3 Å². The lowest BCUT2D eigenvalue weighted by Crippen LogP contribution is -1.93. The largest absolute Gasteiger partial charge is 0.300 e. The Morgan fingerprint density at radius 1 is 1.42 bits per heavy atom. The lowest BCUT2D eigenvalue weighted by molar-refractivity contribution is 1.10. The van der Waals surface area contributed by atoms with E-state index in [2.05, 4.69) is 29.9 Å². The molecule has 0 amide bonds. The first-order chi connectivity index (χ1) is 5.74. The number of aliphatic imine (C=N–C) groups is 1. The average Bonchev–Trinajstić information content (AvgIpc) is 2.07. The average molecular weight is 162 g/mol. The summed E-state index contributed by atoms with van der Waals surface area (Å²) in [4.78, 5) is 8.20. The summed E-state index contributed by atoms with van der Waals surface area (Å²) in [5.74, 6) is 0. The van der Waals surface area contributed by atoms with Crippen LogP contribution in [0.3, 0.4) is 0 Å². The van der Waals surface area contributed by atoms with Gasteiger partial charge >= 0.3 is 0 Å². The molecule has 1 aromatic heterocycles. The predicted octanol–water partition coefficient (Wildman–Crippen LogP) is 1.94. The number of aromatic nitrogens is 1. The summed E-state index contributed by atoms with van der Waals surface area (Å²) >= 11 is 0. The highest BCUT2D eigenvalue weighted by Crippen LogP contribution is 2.06. The van der Waals surface area contributed by atoms with Crippen LogP contribution in [-0.2, 0) is 6.42 Å². The topological polar surface area (TPSA) is 25.2 Å². The van der Waals surface area contributed by atoms with Crippen LogP contribution in [0.25, 0.3) is 0 Å². The third-order valence-corrected chi connectivity index (χ3v) is 1.91. The normalized spacial score (nSPS) is 10.9. The lowest BCUT2D eigenvalue weighted by Gasteiger charge is -2.00. The van der Waals surface area contributed by atoms with Gasteiger partial charge < -0.3 is 4.99 Å². The molecule has 0 spiro atoms. The maximum atomic E-state index is 4.29. The zero-order valence-corrected chi connectivity index (χ0v) is 7.83.